The molecule has 18 heavy (non-hydrogen) atoms. The highest BCUT2D eigenvalue weighted by atomic mass is 79.9. The van der Waals surface area contributed by atoms with Crippen molar-refractivity contribution in [3.05, 3.63) is 50.4 Å². The first-order chi connectivity index (χ1) is 8.70. The molecule has 5 heteroatoms. The maximum Gasteiger partial charge on any atom is 0.253 e. The molecule has 0 aliphatic rings. The van der Waals surface area contributed by atoms with Crippen LogP contribution in [0.2, 0.25) is 0 Å². The summed E-state index contributed by atoms with van der Waals surface area (Å²) in [6.45, 7) is 2.69. The molecule has 2 aromatic heterocycles. The largest absolute Gasteiger partial charge is 0.347 e. The summed E-state index contributed by atoms with van der Waals surface area (Å²) in [6.07, 6.45) is 4.22. The molecular weight excluding hydrogens is 312 g/mol. The van der Waals surface area contributed by atoms with E-state index >= 15 is 0 Å². The molecule has 2 heterocycles. The first-order valence-corrected chi connectivity index (χ1v) is 7.32. The average molecular weight is 325 g/mol. The van der Waals surface area contributed by atoms with Gasteiger partial charge in [-0.2, -0.15) is 0 Å². The third-order valence-electron chi connectivity index (χ3n) is 2.60. The molecule has 0 aliphatic heterocycles. The number of hydrogen-bond acceptors (Lipinski definition) is 3. The molecule has 0 spiro atoms. The van der Waals surface area contributed by atoms with Crippen LogP contribution in [0.1, 0.15) is 27.7 Å². The van der Waals surface area contributed by atoms with Crippen molar-refractivity contribution in [2.24, 2.45) is 0 Å². The monoisotopic (exact) mass is 324 g/mol. The fraction of sp³-hybridized carbons (Fsp3) is 0.231. The first-order valence-electron chi connectivity index (χ1n) is 5.64. The van der Waals surface area contributed by atoms with Crippen molar-refractivity contribution in [3.63, 3.8) is 0 Å². The van der Waals surface area contributed by atoms with E-state index in [9.17, 15) is 4.79 Å². The van der Waals surface area contributed by atoms with Crippen molar-refractivity contribution in [2.45, 2.75) is 19.9 Å². The molecule has 1 amide bonds. The standard InChI is InChI=1S/C13H13BrN2OS/c1-2-9-3-4-18-12(9)8-16-13(17)10-5-11(14)7-15-6-10/h3-7H,2,8H2,1H3,(H,16,17). The minimum Gasteiger partial charge on any atom is -0.347 e. The van der Waals surface area contributed by atoms with E-state index in [0.717, 1.165) is 10.9 Å². The number of nitrogens with one attached hydrogen (secondary N) is 1. The van der Waals surface area contributed by atoms with Gasteiger partial charge in [-0.3, -0.25) is 9.78 Å². The number of carbonyl (C=O) groups excluding carboxylic acids is 1. The summed E-state index contributed by atoms with van der Waals surface area (Å²) in [5.41, 5.74) is 1.87. The Bertz CT molecular complexity index is 553. The van der Waals surface area contributed by atoms with Gasteiger partial charge in [0.1, 0.15) is 0 Å². The van der Waals surface area contributed by atoms with E-state index in [4.69, 9.17) is 0 Å². The van der Waals surface area contributed by atoms with Crippen LogP contribution in [0, 0.1) is 0 Å². The Labute approximate surface area is 118 Å². The van der Waals surface area contributed by atoms with E-state index in [1.807, 2.05) is 0 Å². The Morgan fingerprint density at radius 3 is 3.06 bits per heavy atom. The third-order valence-corrected chi connectivity index (χ3v) is 3.99. The van der Waals surface area contributed by atoms with Crippen LogP contribution in [-0.4, -0.2) is 10.9 Å². The summed E-state index contributed by atoms with van der Waals surface area (Å²) in [6, 6.07) is 3.87. The molecule has 0 saturated heterocycles. The highest BCUT2D eigenvalue weighted by molar-refractivity contribution is 9.10. The molecule has 3 nitrogen and oxygen atoms in total. The van der Waals surface area contributed by atoms with Crippen molar-refractivity contribution in [3.8, 4) is 0 Å². The quantitative estimate of drug-likeness (QED) is 0.936. The fourth-order valence-corrected chi connectivity index (χ4v) is 2.92. The Balaban J connectivity index is 2.00. The van der Waals surface area contributed by atoms with E-state index in [1.54, 1.807) is 29.8 Å². The van der Waals surface area contributed by atoms with Gasteiger partial charge in [-0.1, -0.05) is 6.92 Å². The lowest BCUT2D eigenvalue weighted by Crippen LogP contribution is -2.22. The normalized spacial score (nSPS) is 10.3. The van der Waals surface area contributed by atoms with Crippen LogP contribution in [-0.2, 0) is 13.0 Å². The van der Waals surface area contributed by atoms with Crippen molar-refractivity contribution in [1.29, 1.82) is 0 Å². The molecule has 2 rings (SSSR count). The summed E-state index contributed by atoms with van der Waals surface area (Å²) in [4.78, 5) is 17.1. The SMILES string of the molecule is CCc1ccsc1CNC(=O)c1cncc(Br)c1. The zero-order valence-electron chi connectivity index (χ0n) is 9.94. The number of aromatic nitrogens is 1. The average Bonchev–Trinajstić information content (AvgIpc) is 2.83. The van der Waals surface area contributed by atoms with Crippen LogP contribution in [0.25, 0.3) is 0 Å². The number of thiophene rings is 1. The lowest BCUT2D eigenvalue weighted by Gasteiger charge is -2.05. The van der Waals surface area contributed by atoms with Gasteiger partial charge in [-0.05, 0) is 45.4 Å². The maximum atomic E-state index is 11.9. The Hall–Kier alpha value is -1.20. The maximum absolute atomic E-state index is 11.9. The second-order valence-electron chi connectivity index (χ2n) is 3.80. The summed E-state index contributed by atoms with van der Waals surface area (Å²) < 4.78 is 0.806. The van der Waals surface area contributed by atoms with Gasteiger partial charge in [0.05, 0.1) is 12.1 Å². The van der Waals surface area contributed by atoms with Gasteiger partial charge in [-0.15, -0.1) is 11.3 Å². The summed E-state index contributed by atoms with van der Waals surface area (Å²) >= 11 is 4.98. The van der Waals surface area contributed by atoms with Gasteiger partial charge in [0, 0.05) is 21.7 Å². The number of amides is 1. The molecule has 0 atom stereocenters. The van der Waals surface area contributed by atoms with E-state index < -0.39 is 0 Å². The summed E-state index contributed by atoms with van der Waals surface area (Å²) in [5, 5.41) is 4.97. The third kappa shape index (κ3) is 3.17. The molecule has 0 aromatic carbocycles. The minimum atomic E-state index is -0.0979. The lowest BCUT2D eigenvalue weighted by atomic mass is 10.2. The topological polar surface area (TPSA) is 42.0 Å². The Kier molecular flexibility index (Phi) is 4.49. The highest BCUT2D eigenvalue weighted by Gasteiger charge is 2.08. The second kappa shape index (κ2) is 6.11. The van der Waals surface area contributed by atoms with E-state index in [1.165, 1.54) is 10.4 Å². The van der Waals surface area contributed by atoms with E-state index in [-0.39, 0.29) is 5.91 Å². The smallest absolute Gasteiger partial charge is 0.253 e. The molecule has 0 aliphatic carbocycles. The number of carbonyl (C=O) groups is 1. The molecule has 0 bridgehead atoms. The number of nitrogens with zero attached hydrogens (tertiary/aromatic N) is 1. The van der Waals surface area contributed by atoms with Crippen LogP contribution < -0.4 is 5.32 Å². The second-order valence-corrected chi connectivity index (χ2v) is 5.71. The fourth-order valence-electron chi connectivity index (χ4n) is 1.64. The zero-order chi connectivity index (χ0) is 13.0. The Morgan fingerprint density at radius 2 is 2.33 bits per heavy atom. The molecule has 0 saturated carbocycles. The first kappa shape index (κ1) is 13.2. The molecule has 2 aromatic rings. The number of hydrogen-bond donors (Lipinski definition) is 1. The molecule has 0 unspecified atom stereocenters. The van der Waals surface area contributed by atoms with Crippen LogP contribution in [0.15, 0.2) is 34.4 Å². The molecule has 94 valence electrons. The van der Waals surface area contributed by atoms with E-state index in [2.05, 4.69) is 44.6 Å². The van der Waals surface area contributed by atoms with Gasteiger partial charge >= 0.3 is 0 Å². The molecule has 0 radical (unpaired) electrons. The van der Waals surface area contributed by atoms with Crippen molar-refractivity contribution < 1.29 is 4.79 Å². The van der Waals surface area contributed by atoms with Crippen molar-refractivity contribution >= 4 is 33.2 Å². The zero-order valence-corrected chi connectivity index (χ0v) is 12.3. The summed E-state index contributed by atoms with van der Waals surface area (Å²) in [5.74, 6) is -0.0979. The van der Waals surface area contributed by atoms with Crippen molar-refractivity contribution in [2.75, 3.05) is 0 Å². The Morgan fingerprint density at radius 1 is 1.50 bits per heavy atom. The van der Waals surface area contributed by atoms with Crippen LogP contribution in [0.4, 0.5) is 0 Å². The van der Waals surface area contributed by atoms with Crippen LogP contribution in [0.3, 0.4) is 0 Å². The summed E-state index contributed by atoms with van der Waals surface area (Å²) in [7, 11) is 0. The van der Waals surface area contributed by atoms with Gasteiger partial charge in [-0.25, -0.2) is 0 Å². The number of rotatable bonds is 4. The predicted molar refractivity (Wildman–Crippen MR) is 76.8 cm³/mol. The van der Waals surface area contributed by atoms with Gasteiger partial charge in [0.15, 0.2) is 0 Å². The van der Waals surface area contributed by atoms with Crippen LogP contribution in [0.5, 0.6) is 0 Å². The van der Waals surface area contributed by atoms with Gasteiger partial charge in [0.2, 0.25) is 0 Å². The molecule has 1 N–H and O–H groups in total. The van der Waals surface area contributed by atoms with Gasteiger partial charge in [0.25, 0.3) is 5.91 Å². The lowest BCUT2D eigenvalue weighted by molar-refractivity contribution is 0.0951. The number of pyridine rings is 1. The predicted octanol–water partition coefficient (Wildman–Crippen LogP) is 3.40. The van der Waals surface area contributed by atoms with E-state index in [0.29, 0.717) is 12.1 Å². The number of halogens is 1. The highest BCUT2D eigenvalue weighted by Crippen LogP contribution is 2.17. The molecule has 0 fully saturated rings. The van der Waals surface area contributed by atoms with Crippen LogP contribution >= 0.6 is 27.3 Å². The van der Waals surface area contributed by atoms with Crippen molar-refractivity contribution in [1.82, 2.24) is 10.3 Å². The number of aryl methyl sites for hydroxylation is 1. The minimum absolute atomic E-state index is 0.0979. The van der Waals surface area contributed by atoms with Gasteiger partial charge < -0.3 is 5.32 Å². The molecular formula is C13H13BrN2OS.